The first-order valence-corrected chi connectivity index (χ1v) is 42.1. The predicted octanol–water partition coefficient (Wildman–Crippen LogP) is 10.6. The van der Waals surface area contributed by atoms with Crippen LogP contribution in [0.5, 0.6) is 0 Å². The van der Waals surface area contributed by atoms with Gasteiger partial charge in [-0.2, -0.15) is 0 Å². The largest absolute Gasteiger partial charge is 0.272 e. The molecule has 0 atom stereocenters. The van der Waals surface area contributed by atoms with E-state index in [1.165, 1.54) is 0 Å². The van der Waals surface area contributed by atoms with E-state index in [1.807, 2.05) is 0 Å². The summed E-state index contributed by atoms with van der Waals surface area (Å²) in [5.74, 6) is 0. The molecule has 0 rings (SSSR count). The number of halogens is 4. The summed E-state index contributed by atoms with van der Waals surface area (Å²) in [5, 5.41) is 0. The van der Waals surface area contributed by atoms with Crippen LogP contribution in [-0.4, -0.2) is 60.9 Å². The van der Waals surface area contributed by atoms with Gasteiger partial charge in [-0.3, -0.25) is 0 Å². The van der Waals surface area contributed by atoms with E-state index in [2.05, 4.69) is 118 Å². The zero-order valence-corrected chi connectivity index (χ0v) is 35.5. The second-order valence-electron chi connectivity index (χ2n) is 16.1. The molecule has 194 valence electrons. The van der Waals surface area contributed by atoms with Crippen molar-refractivity contribution in [1.29, 1.82) is 0 Å². The van der Waals surface area contributed by atoms with Gasteiger partial charge in [0.1, 0.15) is 0 Å². The number of hydrogen-bond acceptors (Lipinski definition) is 0. The highest BCUT2D eigenvalue weighted by Crippen LogP contribution is 2.73. The number of rotatable bonds is 9. The third-order valence-electron chi connectivity index (χ3n) is 8.09. The fourth-order valence-electron chi connectivity index (χ4n) is 10.0. The Morgan fingerprint density at radius 2 is 0.375 bits per heavy atom. The molecule has 0 aliphatic carbocycles. The van der Waals surface area contributed by atoms with Crippen LogP contribution in [0.3, 0.4) is 0 Å². The average molecular weight is 661 g/mol. The molecule has 0 aromatic carbocycles. The summed E-state index contributed by atoms with van der Waals surface area (Å²) in [6, 6.07) is 0. The first-order chi connectivity index (χ1) is 13.2. The fraction of sp³-hybridized carbons (Fsp3) is 1.00. The van der Waals surface area contributed by atoms with Gasteiger partial charge in [0.05, 0.1) is 0 Å². The van der Waals surface area contributed by atoms with Gasteiger partial charge < -0.3 is 0 Å². The summed E-state index contributed by atoms with van der Waals surface area (Å²) in [5.41, 5.74) is 0. The molecule has 0 aliphatic heterocycles. The molecule has 0 aromatic rings. The van der Waals surface area contributed by atoms with Crippen molar-refractivity contribution in [3.05, 3.63) is 0 Å². The van der Waals surface area contributed by atoms with E-state index >= 15 is 0 Å². The Labute approximate surface area is 229 Å². The summed E-state index contributed by atoms with van der Waals surface area (Å²) in [7, 11) is -11.3. The molecule has 0 aromatic heterocycles. The molecule has 0 unspecified atom stereocenters. The highest BCUT2D eigenvalue weighted by Gasteiger charge is 2.85. The van der Waals surface area contributed by atoms with Gasteiger partial charge in [0.15, 0.2) is 0 Å². The van der Waals surface area contributed by atoms with Crippen molar-refractivity contribution in [2.75, 3.05) is 0 Å². The molecule has 0 bridgehead atoms. The zero-order valence-electron chi connectivity index (χ0n) is 24.5. The van der Waals surface area contributed by atoms with Crippen LogP contribution in [0.15, 0.2) is 0 Å². The van der Waals surface area contributed by atoms with Crippen molar-refractivity contribution in [2.45, 2.75) is 126 Å². The maximum atomic E-state index is 8.18. The monoisotopic (exact) mass is 658 g/mol. The Balaban J connectivity index is 8.24. The third-order valence-corrected chi connectivity index (χ3v) is 103. The van der Waals surface area contributed by atoms with E-state index in [0.717, 1.165) is 0 Å². The van der Waals surface area contributed by atoms with E-state index < -0.39 is 60.9 Å². The Kier molecular flexibility index (Phi) is 10.1. The fourth-order valence-corrected chi connectivity index (χ4v) is 165. The second-order valence-corrected chi connectivity index (χ2v) is 73.7. The van der Waals surface area contributed by atoms with Gasteiger partial charge in [-0.1, -0.05) is 118 Å². The van der Waals surface area contributed by atoms with Crippen molar-refractivity contribution < 1.29 is 0 Å². The minimum atomic E-state index is -3.18. The third kappa shape index (κ3) is 4.75. The standard InChI is InChI=1S/C20H54Cl4Si8/c1-25(2,3)19(26(4,5)6,27(7,8)9)31(21,22)32(23,24)20(28(10,11)12,29(13,14)15)30(16,17)18/h1-18H3. The lowest BCUT2D eigenvalue weighted by Gasteiger charge is -2.71. The first kappa shape index (κ1) is 34.9. The number of hydrogen-bond donors (Lipinski definition) is 0. The highest BCUT2D eigenvalue weighted by molar-refractivity contribution is 7.99. The summed E-state index contributed by atoms with van der Waals surface area (Å²) >= 11 is 32.7. The van der Waals surface area contributed by atoms with E-state index in [0.29, 0.717) is 0 Å². The molecule has 0 heterocycles. The Morgan fingerprint density at radius 1 is 0.281 bits per heavy atom. The smallest absolute Gasteiger partial charge is 0.147 e. The molecule has 0 amide bonds. The minimum Gasteiger partial charge on any atom is -0.147 e. The molecule has 0 fully saturated rings. The molecular formula is C20H54Cl4Si8. The van der Waals surface area contributed by atoms with Crippen LogP contribution in [-0.2, 0) is 0 Å². The van der Waals surface area contributed by atoms with Gasteiger partial charge in [-0.05, 0) is 7.82 Å². The van der Waals surface area contributed by atoms with Crippen LogP contribution < -0.4 is 0 Å². The van der Waals surface area contributed by atoms with E-state index in [1.54, 1.807) is 0 Å². The normalized spacial score (nSPS) is 17.1. The average Bonchev–Trinajstić information content (AvgIpc) is 2.25. The van der Waals surface area contributed by atoms with E-state index in [4.69, 9.17) is 44.3 Å². The Hall–Kier alpha value is 2.90. The van der Waals surface area contributed by atoms with Crippen molar-refractivity contribution in [3.8, 4) is 0 Å². The van der Waals surface area contributed by atoms with Crippen molar-refractivity contribution in [3.63, 3.8) is 0 Å². The van der Waals surface area contributed by atoms with Crippen LogP contribution in [0.4, 0.5) is 0 Å². The Bertz CT molecular complexity index is 549. The Morgan fingerprint density at radius 3 is 0.438 bits per heavy atom. The van der Waals surface area contributed by atoms with Crippen molar-refractivity contribution in [2.24, 2.45) is 0 Å². The van der Waals surface area contributed by atoms with Crippen molar-refractivity contribution in [1.82, 2.24) is 0 Å². The highest BCUT2D eigenvalue weighted by atomic mass is 35.8. The van der Waals surface area contributed by atoms with Crippen LogP contribution in [0.25, 0.3) is 0 Å². The van der Waals surface area contributed by atoms with Crippen LogP contribution in [0.1, 0.15) is 0 Å². The molecule has 0 nitrogen and oxygen atoms in total. The maximum absolute atomic E-state index is 8.18. The molecule has 0 saturated heterocycles. The lowest BCUT2D eigenvalue weighted by atomic mass is 11.6. The van der Waals surface area contributed by atoms with Gasteiger partial charge in [-0.25, -0.2) is 0 Å². The predicted molar refractivity (Wildman–Crippen MR) is 180 cm³/mol. The molecule has 0 aliphatic rings. The van der Waals surface area contributed by atoms with Crippen LogP contribution in [0, 0.1) is 0 Å². The molecule has 0 saturated carbocycles. The topological polar surface area (TPSA) is 0 Å². The maximum Gasteiger partial charge on any atom is 0.272 e. The molecule has 32 heavy (non-hydrogen) atoms. The summed E-state index contributed by atoms with van der Waals surface area (Å²) < 4.78 is 0.00602. The van der Waals surface area contributed by atoms with Crippen molar-refractivity contribution >= 4 is 105 Å². The molecule has 0 N–H and O–H groups in total. The molecule has 0 radical (unpaired) electrons. The van der Waals surface area contributed by atoms with Gasteiger partial charge in [0.2, 0.25) is 0 Å². The lowest BCUT2D eigenvalue weighted by molar-refractivity contribution is 1.20. The molecular weight excluding hydrogens is 607 g/mol. The SMILES string of the molecule is C[Si](C)(C)C([Si](C)(C)C)([Si](C)(C)C)[Si](Cl)(Cl)[Si](Cl)(Cl)C([Si](C)(C)C)([Si](C)(C)C)[Si](C)(C)C. The minimum absolute atomic E-state index is 0.00301. The van der Waals surface area contributed by atoms with Gasteiger partial charge in [-0.15, -0.1) is 44.3 Å². The van der Waals surface area contributed by atoms with Gasteiger partial charge >= 0.3 is 0 Å². The van der Waals surface area contributed by atoms with Crippen LogP contribution >= 0.6 is 44.3 Å². The van der Waals surface area contributed by atoms with Gasteiger partial charge in [0.25, 0.3) is 12.4 Å². The van der Waals surface area contributed by atoms with E-state index in [9.17, 15) is 0 Å². The zero-order chi connectivity index (χ0) is 27.0. The summed E-state index contributed by atoms with van der Waals surface area (Å²) in [4.78, 5) is 0. The molecule has 0 spiro atoms. The first-order valence-electron chi connectivity index (χ1n) is 12.0. The summed E-state index contributed by atoms with van der Waals surface area (Å²) in [6.45, 7) is 45.4. The second kappa shape index (κ2) is 9.27. The lowest BCUT2D eigenvalue weighted by Crippen LogP contribution is -2.86. The summed E-state index contributed by atoms with van der Waals surface area (Å²) in [6.07, 6.45) is -6.36. The molecule has 12 heteroatoms. The van der Waals surface area contributed by atoms with Gasteiger partial charge in [0, 0.05) is 48.4 Å². The van der Waals surface area contributed by atoms with E-state index in [-0.39, 0.29) is 7.82 Å². The quantitative estimate of drug-likeness (QED) is 0.171. The van der Waals surface area contributed by atoms with Crippen LogP contribution in [0.2, 0.25) is 126 Å².